The molecule has 0 saturated carbocycles. The summed E-state index contributed by atoms with van der Waals surface area (Å²) in [5.74, 6) is 0.396. The molecule has 0 radical (unpaired) electrons. The molecule has 0 aliphatic heterocycles. The van der Waals surface area contributed by atoms with Gasteiger partial charge in [-0.1, -0.05) is 0 Å². The number of carbonyl (C=O) groups is 1. The SMILES string of the molecule is CCOC(OCC)C(=O)c1ccc(OCCO)cc1. The first kappa shape index (κ1) is 15.6. The molecule has 1 N–H and O–H groups in total. The average molecular weight is 268 g/mol. The first-order valence-corrected chi connectivity index (χ1v) is 6.34. The van der Waals surface area contributed by atoms with Crippen LogP contribution in [0.2, 0.25) is 0 Å². The number of aliphatic hydroxyl groups is 1. The van der Waals surface area contributed by atoms with E-state index in [2.05, 4.69) is 0 Å². The van der Waals surface area contributed by atoms with E-state index in [9.17, 15) is 4.79 Å². The maximum absolute atomic E-state index is 12.1. The molecule has 0 saturated heterocycles. The highest BCUT2D eigenvalue weighted by atomic mass is 16.7. The Bertz CT molecular complexity index is 368. The van der Waals surface area contributed by atoms with Gasteiger partial charge in [-0.2, -0.15) is 0 Å². The van der Waals surface area contributed by atoms with Crippen LogP contribution in [0.1, 0.15) is 24.2 Å². The molecule has 0 aromatic heterocycles. The van der Waals surface area contributed by atoms with Gasteiger partial charge in [-0.15, -0.1) is 0 Å². The van der Waals surface area contributed by atoms with Gasteiger partial charge in [-0.05, 0) is 38.1 Å². The lowest BCUT2D eigenvalue weighted by Gasteiger charge is -2.15. The Labute approximate surface area is 113 Å². The van der Waals surface area contributed by atoms with Crippen LogP contribution in [-0.4, -0.2) is 43.6 Å². The molecule has 1 aromatic rings. The van der Waals surface area contributed by atoms with Gasteiger partial charge < -0.3 is 19.3 Å². The Morgan fingerprint density at radius 3 is 2.21 bits per heavy atom. The number of Topliss-reactive ketones (excluding diaryl/α,β-unsaturated/α-hetero) is 1. The summed E-state index contributed by atoms with van der Waals surface area (Å²) in [4.78, 5) is 12.1. The van der Waals surface area contributed by atoms with E-state index in [0.717, 1.165) is 0 Å². The van der Waals surface area contributed by atoms with Crippen LogP contribution in [0, 0.1) is 0 Å². The molecule has 0 spiro atoms. The third-order valence-electron chi connectivity index (χ3n) is 2.35. The van der Waals surface area contributed by atoms with E-state index in [4.69, 9.17) is 19.3 Å². The van der Waals surface area contributed by atoms with Gasteiger partial charge in [-0.25, -0.2) is 0 Å². The minimum absolute atomic E-state index is 0.0442. The van der Waals surface area contributed by atoms with Crippen LogP contribution < -0.4 is 4.74 Å². The highest BCUT2D eigenvalue weighted by Crippen LogP contribution is 2.14. The standard InChI is InChI=1S/C14H20O5/c1-3-17-14(18-4-2)13(16)11-5-7-12(8-6-11)19-10-9-15/h5-8,14-15H,3-4,9-10H2,1-2H3. The third kappa shape index (κ3) is 4.98. The maximum Gasteiger partial charge on any atom is 0.222 e. The molecule has 1 rings (SSSR count). The lowest BCUT2D eigenvalue weighted by molar-refractivity contribution is -0.107. The Morgan fingerprint density at radius 2 is 1.74 bits per heavy atom. The predicted molar refractivity (Wildman–Crippen MR) is 70.4 cm³/mol. The summed E-state index contributed by atoms with van der Waals surface area (Å²) in [7, 11) is 0. The zero-order valence-corrected chi connectivity index (χ0v) is 11.3. The number of rotatable bonds is 9. The van der Waals surface area contributed by atoms with E-state index in [1.54, 1.807) is 24.3 Å². The maximum atomic E-state index is 12.1. The van der Waals surface area contributed by atoms with E-state index in [-0.39, 0.29) is 19.0 Å². The monoisotopic (exact) mass is 268 g/mol. The highest BCUT2D eigenvalue weighted by Gasteiger charge is 2.20. The van der Waals surface area contributed by atoms with Crippen LogP contribution in [0.5, 0.6) is 5.75 Å². The van der Waals surface area contributed by atoms with Crippen molar-refractivity contribution in [3.05, 3.63) is 29.8 Å². The minimum atomic E-state index is -0.862. The van der Waals surface area contributed by atoms with Gasteiger partial charge in [0.05, 0.1) is 6.61 Å². The molecule has 0 atom stereocenters. The van der Waals surface area contributed by atoms with Crippen molar-refractivity contribution in [2.75, 3.05) is 26.4 Å². The molecule has 5 nitrogen and oxygen atoms in total. The number of ether oxygens (including phenoxy) is 3. The van der Waals surface area contributed by atoms with Gasteiger partial charge in [0.25, 0.3) is 0 Å². The Hall–Kier alpha value is -1.43. The second-order valence-corrected chi connectivity index (χ2v) is 3.70. The molecule has 0 unspecified atom stereocenters. The number of benzene rings is 1. The van der Waals surface area contributed by atoms with E-state index in [1.807, 2.05) is 13.8 Å². The fourth-order valence-electron chi connectivity index (χ4n) is 1.52. The Kier molecular flexibility index (Phi) is 7.10. The molecule has 0 amide bonds. The number of hydrogen-bond donors (Lipinski definition) is 1. The quantitative estimate of drug-likeness (QED) is 0.545. The first-order chi connectivity index (χ1) is 9.22. The summed E-state index contributed by atoms with van der Waals surface area (Å²) < 4.78 is 15.7. The summed E-state index contributed by atoms with van der Waals surface area (Å²) in [6.45, 7) is 4.63. The second kappa shape index (κ2) is 8.63. The van der Waals surface area contributed by atoms with Gasteiger partial charge in [-0.3, -0.25) is 4.79 Å². The number of ketones is 1. The minimum Gasteiger partial charge on any atom is -0.491 e. The smallest absolute Gasteiger partial charge is 0.222 e. The summed E-state index contributed by atoms with van der Waals surface area (Å²) in [5, 5.41) is 8.65. The van der Waals surface area contributed by atoms with E-state index >= 15 is 0 Å². The molecular formula is C14H20O5. The number of aliphatic hydroxyl groups excluding tert-OH is 1. The van der Waals surface area contributed by atoms with Crippen molar-refractivity contribution in [1.82, 2.24) is 0 Å². The molecule has 5 heteroatoms. The summed E-state index contributed by atoms with van der Waals surface area (Å²) >= 11 is 0. The Morgan fingerprint density at radius 1 is 1.16 bits per heavy atom. The van der Waals surface area contributed by atoms with Gasteiger partial charge in [0.15, 0.2) is 0 Å². The van der Waals surface area contributed by atoms with E-state index in [0.29, 0.717) is 24.5 Å². The lowest BCUT2D eigenvalue weighted by Crippen LogP contribution is -2.27. The average Bonchev–Trinajstić information content (AvgIpc) is 2.44. The van der Waals surface area contributed by atoms with E-state index in [1.165, 1.54) is 0 Å². The summed E-state index contributed by atoms with van der Waals surface area (Å²) in [5.41, 5.74) is 0.503. The third-order valence-corrected chi connectivity index (χ3v) is 2.35. The zero-order valence-electron chi connectivity index (χ0n) is 11.3. The van der Waals surface area contributed by atoms with Crippen molar-refractivity contribution in [2.24, 2.45) is 0 Å². The lowest BCUT2D eigenvalue weighted by atomic mass is 10.1. The van der Waals surface area contributed by atoms with Crippen LogP contribution in [0.4, 0.5) is 0 Å². The van der Waals surface area contributed by atoms with E-state index < -0.39 is 6.29 Å². The van der Waals surface area contributed by atoms with Gasteiger partial charge >= 0.3 is 0 Å². The molecule has 0 bridgehead atoms. The molecule has 0 fully saturated rings. The van der Waals surface area contributed by atoms with Crippen molar-refractivity contribution >= 4 is 5.78 Å². The van der Waals surface area contributed by atoms with Crippen molar-refractivity contribution in [2.45, 2.75) is 20.1 Å². The topological polar surface area (TPSA) is 65.0 Å². The van der Waals surface area contributed by atoms with Crippen LogP contribution in [0.15, 0.2) is 24.3 Å². The second-order valence-electron chi connectivity index (χ2n) is 3.70. The van der Waals surface area contributed by atoms with Crippen LogP contribution in [0.25, 0.3) is 0 Å². The van der Waals surface area contributed by atoms with Crippen LogP contribution in [0.3, 0.4) is 0 Å². The largest absolute Gasteiger partial charge is 0.491 e. The normalized spacial score (nSPS) is 10.7. The fourth-order valence-corrected chi connectivity index (χ4v) is 1.52. The molecule has 106 valence electrons. The molecule has 1 aromatic carbocycles. The summed E-state index contributed by atoms with van der Waals surface area (Å²) in [6, 6.07) is 6.66. The van der Waals surface area contributed by atoms with Crippen LogP contribution >= 0.6 is 0 Å². The number of carbonyl (C=O) groups excluding carboxylic acids is 1. The highest BCUT2D eigenvalue weighted by molar-refractivity contribution is 5.98. The van der Waals surface area contributed by atoms with Crippen molar-refractivity contribution in [3.63, 3.8) is 0 Å². The molecule has 19 heavy (non-hydrogen) atoms. The number of hydrogen-bond acceptors (Lipinski definition) is 5. The van der Waals surface area contributed by atoms with Crippen molar-refractivity contribution in [3.8, 4) is 5.75 Å². The van der Waals surface area contributed by atoms with Crippen molar-refractivity contribution in [1.29, 1.82) is 0 Å². The Balaban J connectivity index is 2.69. The van der Waals surface area contributed by atoms with Crippen molar-refractivity contribution < 1.29 is 24.1 Å². The van der Waals surface area contributed by atoms with Crippen LogP contribution in [-0.2, 0) is 9.47 Å². The molecular weight excluding hydrogens is 248 g/mol. The molecule has 0 aliphatic rings. The van der Waals surface area contributed by atoms with Gasteiger partial charge in [0, 0.05) is 18.8 Å². The molecule has 0 heterocycles. The molecule has 0 aliphatic carbocycles. The summed E-state index contributed by atoms with van der Waals surface area (Å²) in [6.07, 6.45) is -0.862. The fraction of sp³-hybridized carbons (Fsp3) is 0.500. The predicted octanol–water partition coefficient (Wildman–Crippen LogP) is 1.64. The first-order valence-electron chi connectivity index (χ1n) is 6.34. The zero-order chi connectivity index (χ0) is 14.1. The van der Waals surface area contributed by atoms with Gasteiger partial charge in [0.2, 0.25) is 12.1 Å². The van der Waals surface area contributed by atoms with Gasteiger partial charge in [0.1, 0.15) is 12.4 Å².